The zero-order valence-electron chi connectivity index (χ0n) is 71.5. The molecule has 22 rings (SSSR count). The number of aromatic nitrogens is 16. The number of nitrogen functional groups attached to an aromatic ring is 4. The van der Waals surface area contributed by atoms with Crippen LogP contribution in [0, 0.1) is 0 Å². The predicted octanol–water partition coefficient (Wildman–Crippen LogP) is 7.35. The molecule has 6 aliphatic heterocycles. The van der Waals surface area contributed by atoms with E-state index in [1.165, 1.54) is 23.5 Å². The SMILES string of the molecule is CC1(C)O[C@@H]2[C@H](O1)[C@@H](COc1ccc3ccc(N)nc3c1)O[C@H]2n1ccc2c(=O)[nH]cnc21.CN(C)c1ncnc2c1ccn2[C@@H]1O[C@H](COc2ccc3ccc(N)nc3c2)[C@@H](O)[C@H]1O.CN(C)c1ncnc2c1ccn2[C@@H]1O[C@H](COc2ccc3ccc(N)nc3c2)[C@H]2OC(C)(C)O[C@H]21.Nc1ccc2ccc(OC[C@H]3O[C@@H](n4ccc5c(=O)[nH]cnc54)[C@H](O)[C@@H]3O)cc2n1. The molecular weight excluding hydrogens is 1680 g/mol. The van der Waals surface area contributed by atoms with Crippen LogP contribution in [0.3, 0.4) is 0 Å². The first-order valence-corrected chi connectivity index (χ1v) is 41.9. The van der Waals surface area contributed by atoms with Gasteiger partial charge in [0.05, 0.1) is 56.3 Å². The molecule has 0 unspecified atom stereocenters. The van der Waals surface area contributed by atoms with Crippen molar-refractivity contribution in [1.82, 2.24) is 78.1 Å². The van der Waals surface area contributed by atoms with Crippen LogP contribution in [-0.2, 0) is 37.9 Å². The van der Waals surface area contributed by atoms with Crippen molar-refractivity contribution in [2.45, 2.75) is 137 Å². The van der Waals surface area contributed by atoms with Crippen molar-refractivity contribution >= 4 is 123 Å². The molecule has 0 saturated carbocycles. The lowest BCUT2D eigenvalue weighted by molar-refractivity contribution is -0.199. The molecular formula is C90H94N22O18. The Kier molecular flexibility index (Phi) is 22.8. The third-order valence-corrected chi connectivity index (χ3v) is 23.3. The number of aliphatic hydroxyl groups excluding tert-OH is 4. The molecule has 12 aromatic heterocycles. The van der Waals surface area contributed by atoms with E-state index in [1.807, 2.05) is 172 Å². The van der Waals surface area contributed by atoms with Gasteiger partial charge in [-0.25, -0.2) is 49.8 Å². The van der Waals surface area contributed by atoms with Crippen molar-refractivity contribution in [3.63, 3.8) is 0 Å². The summed E-state index contributed by atoms with van der Waals surface area (Å²) >= 11 is 0. The minimum Gasteiger partial charge on any atom is -0.491 e. The van der Waals surface area contributed by atoms with Gasteiger partial charge < -0.3 is 138 Å². The lowest BCUT2D eigenvalue weighted by Crippen LogP contribution is -2.34. The summed E-state index contributed by atoms with van der Waals surface area (Å²) in [5.74, 6) is 4.31. The van der Waals surface area contributed by atoms with Gasteiger partial charge >= 0.3 is 0 Å². The number of hydrogen-bond acceptors (Lipinski definition) is 34. The minimum absolute atomic E-state index is 0.00968. The third kappa shape index (κ3) is 16.9. The largest absolute Gasteiger partial charge is 0.491 e. The lowest BCUT2D eigenvalue weighted by Gasteiger charge is -2.25. The van der Waals surface area contributed by atoms with Crippen LogP contribution in [0.4, 0.5) is 34.9 Å². The fraction of sp³-hybridized carbons (Fsp3) is 0.333. The van der Waals surface area contributed by atoms with Gasteiger partial charge in [0.15, 0.2) is 36.5 Å². The summed E-state index contributed by atoms with van der Waals surface area (Å²) in [6.45, 7) is 8.18. The highest BCUT2D eigenvalue weighted by atomic mass is 16.8. The summed E-state index contributed by atoms with van der Waals surface area (Å²) in [6.07, 6.45) is 1.90. The van der Waals surface area contributed by atoms with Gasteiger partial charge in [0.25, 0.3) is 11.1 Å². The molecule has 0 aliphatic carbocycles. The maximum absolute atomic E-state index is 12.1. The van der Waals surface area contributed by atoms with Gasteiger partial charge in [0.1, 0.15) is 193 Å². The zero-order chi connectivity index (χ0) is 90.3. The number of fused-ring (bicyclic) bond motifs is 10. The standard InChI is InChI=1S/C25H28N6O4.C23H23N5O5.C22H24N6O4.C20H19N5O5/c1-25(2)34-20-18(12-32-15-7-5-14-6-8-19(26)29-17(14)11-15)33-24(21(20)35-25)31-10-9-16-22(30(3)4)27-13-28-23(16)31;1-23(2)32-18-16(10-30-13-5-3-12-4-6-17(24)27-15(12)9-13)31-22(19(18)33-23)28-8-7-14-20(28)25-11-26-21(14)29;1-27(2)20-14-7-8-28(21(14)25-11-24-20)22-19(30)18(29)16(32-22)10-31-13-5-3-12-4-6-17(23)26-15(12)9-13;21-15-4-2-10-1-3-11(7-13(10)24-15)29-8-14-16(26)17(27)20(30-14)25-6-5-12-18(25)22-9-23-19(12)28/h5-11,13,18,20-21,24H,12H2,1-4H3,(H2,26,29);3-9,11,16,18-19,22H,10H2,1-2H3,(H2,24,27)(H,25,26,29);3-9,11,16,18-19,22,29-30H,10H2,1-2H3,(H2,23,26);1-7,9,14,16-17,20,26-27H,8H2,(H2,21,24)(H,22,23,28)/t18-,20-,21-,24-;2*16-,18-,19-,22-;14-,16-,17-,20-/m1111/s1. The van der Waals surface area contributed by atoms with Gasteiger partial charge in [-0.15, -0.1) is 0 Å². The summed E-state index contributed by atoms with van der Waals surface area (Å²) < 4.78 is 80.4. The number of anilines is 6. The van der Waals surface area contributed by atoms with Gasteiger partial charge in [-0.1, -0.05) is 0 Å². The first-order chi connectivity index (χ1) is 62.6. The Labute approximate surface area is 738 Å². The van der Waals surface area contributed by atoms with E-state index in [1.54, 1.807) is 84.1 Å². The van der Waals surface area contributed by atoms with Crippen LogP contribution in [0.1, 0.15) is 52.6 Å². The molecule has 0 radical (unpaired) electrons. The Morgan fingerprint density at radius 2 is 0.646 bits per heavy atom. The van der Waals surface area contributed by atoms with Crippen LogP contribution < -0.4 is 62.8 Å². The highest BCUT2D eigenvalue weighted by Crippen LogP contribution is 2.47. The van der Waals surface area contributed by atoms with Crippen LogP contribution in [0.2, 0.25) is 0 Å². The Hall–Kier alpha value is -13.9. The lowest BCUT2D eigenvalue weighted by atomic mass is 10.1. The molecule has 0 spiro atoms. The van der Waals surface area contributed by atoms with Gasteiger partial charge in [-0.2, -0.15) is 0 Å². The van der Waals surface area contributed by atoms with Crippen LogP contribution in [-0.4, -0.2) is 238 Å². The van der Waals surface area contributed by atoms with Crippen LogP contribution in [0.25, 0.3) is 87.7 Å². The van der Waals surface area contributed by atoms with Crippen molar-refractivity contribution in [3.05, 3.63) is 216 Å². The molecule has 40 nitrogen and oxygen atoms in total. The van der Waals surface area contributed by atoms with Crippen LogP contribution in [0.5, 0.6) is 23.0 Å². The number of nitrogens with zero attached hydrogens (tertiary/aromatic N) is 16. The summed E-state index contributed by atoms with van der Waals surface area (Å²) in [4.78, 5) is 76.3. The topological polar surface area (TPSA) is 517 Å². The second-order valence-electron chi connectivity index (χ2n) is 33.4. The monoisotopic (exact) mass is 1770 g/mol. The van der Waals surface area contributed by atoms with Crippen molar-refractivity contribution in [3.8, 4) is 23.0 Å². The molecule has 14 N–H and O–H groups in total. The number of aliphatic hydroxyl groups is 4. The molecule has 0 amide bonds. The van der Waals surface area contributed by atoms with Gasteiger partial charge in [0.2, 0.25) is 0 Å². The summed E-state index contributed by atoms with van der Waals surface area (Å²) in [5, 5.41) is 48.7. The van der Waals surface area contributed by atoms with E-state index in [2.05, 4.69) is 59.8 Å². The minimum atomic E-state index is -1.21. The number of pyridine rings is 4. The van der Waals surface area contributed by atoms with Crippen molar-refractivity contribution < 1.29 is 77.3 Å². The Bertz CT molecular complexity index is 7030. The van der Waals surface area contributed by atoms with E-state index in [-0.39, 0.29) is 61.5 Å². The highest BCUT2D eigenvalue weighted by Gasteiger charge is 2.58. The second-order valence-corrected chi connectivity index (χ2v) is 33.4. The number of benzene rings is 4. The van der Waals surface area contributed by atoms with E-state index in [0.717, 1.165) is 60.6 Å². The molecule has 16 aromatic rings. The molecule has 672 valence electrons. The van der Waals surface area contributed by atoms with Gasteiger partial charge in [0, 0.05) is 98.8 Å². The molecule has 6 saturated heterocycles. The molecule has 0 bridgehead atoms. The molecule has 40 heteroatoms. The summed E-state index contributed by atoms with van der Waals surface area (Å²) in [6, 6.07) is 44.1. The van der Waals surface area contributed by atoms with Crippen molar-refractivity contribution in [2.24, 2.45) is 0 Å². The number of aromatic amines is 2. The highest BCUT2D eigenvalue weighted by molar-refractivity contribution is 5.90. The number of nitrogens with one attached hydrogen (secondary N) is 2. The number of rotatable bonds is 18. The van der Waals surface area contributed by atoms with E-state index < -0.39 is 79.2 Å². The Morgan fingerprint density at radius 3 is 0.977 bits per heavy atom. The smallest absolute Gasteiger partial charge is 0.260 e. The van der Waals surface area contributed by atoms with Gasteiger partial charge in [-0.3, -0.25) is 9.59 Å². The average molecular weight is 1770 g/mol. The average Bonchev–Trinajstić information content (AvgIpc) is 1.59. The van der Waals surface area contributed by atoms with E-state index in [4.69, 9.17) is 79.8 Å². The number of H-pyrrole nitrogens is 2. The summed E-state index contributed by atoms with van der Waals surface area (Å²) in [7, 11) is 7.71. The molecule has 4 aromatic carbocycles. The van der Waals surface area contributed by atoms with Crippen molar-refractivity contribution in [2.75, 3.05) is 87.4 Å². The normalized spacial score (nSPS) is 24.6. The number of nitrogens with two attached hydrogens (primary N) is 4. The van der Waals surface area contributed by atoms with Crippen molar-refractivity contribution in [1.29, 1.82) is 0 Å². The molecule has 6 aliphatic rings. The van der Waals surface area contributed by atoms with E-state index in [0.29, 0.717) is 91.6 Å². The predicted molar refractivity (Wildman–Crippen MR) is 478 cm³/mol. The summed E-state index contributed by atoms with van der Waals surface area (Å²) in [5.41, 5.74) is 27.8. The Morgan fingerprint density at radius 1 is 0.362 bits per heavy atom. The quantitative estimate of drug-likeness (QED) is 0.0401. The maximum atomic E-state index is 12.1. The molecule has 16 atom stereocenters. The fourth-order valence-corrected chi connectivity index (χ4v) is 17.2. The number of ether oxygens (including phenoxy) is 12. The third-order valence-electron chi connectivity index (χ3n) is 23.3. The second kappa shape index (κ2) is 34.6. The van der Waals surface area contributed by atoms with E-state index >= 15 is 0 Å². The molecule has 130 heavy (non-hydrogen) atoms. The van der Waals surface area contributed by atoms with Crippen LogP contribution >= 0.6 is 0 Å². The first-order valence-electron chi connectivity index (χ1n) is 41.9. The zero-order valence-corrected chi connectivity index (χ0v) is 71.5. The maximum Gasteiger partial charge on any atom is 0.260 e. The van der Waals surface area contributed by atoms with Crippen LogP contribution in [0.15, 0.2) is 205 Å². The Balaban J connectivity index is 0.000000112. The fourth-order valence-electron chi connectivity index (χ4n) is 17.2. The molecule has 6 fully saturated rings. The number of hydrogen-bond donors (Lipinski definition) is 10. The van der Waals surface area contributed by atoms with Gasteiger partial charge in [-0.05, 0) is 149 Å². The molecule has 18 heterocycles. The first kappa shape index (κ1) is 85.6. The van der Waals surface area contributed by atoms with E-state index in [9.17, 15) is 30.0 Å².